The number of thioether (sulfide) groups is 1. The Morgan fingerprint density at radius 2 is 2.03 bits per heavy atom. The fourth-order valence-corrected chi connectivity index (χ4v) is 5.68. The fourth-order valence-electron chi connectivity index (χ4n) is 4.07. The van der Waals surface area contributed by atoms with E-state index in [9.17, 15) is 14.4 Å². The second-order valence-electron chi connectivity index (χ2n) is 9.66. The lowest BCUT2D eigenvalue weighted by atomic mass is 9.71. The fraction of sp³-hybridized carbons (Fsp3) is 0.385. The van der Waals surface area contributed by atoms with E-state index in [0.717, 1.165) is 36.1 Å². The van der Waals surface area contributed by atoms with Crippen molar-refractivity contribution in [3.05, 3.63) is 58.3 Å². The van der Waals surface area contributed by atoms with Crippen molar-refractivity contribution in [1.82, 2.24) is 9.97 Å². The second-order valence-corrected chi connectivity index (χ2v) is 11.8. The highest BCUT2D eigenvalue weighted by atomic mass is 32.2. The van der Waals surface area contributed by atoms with Gasteiger partial charge in [0.1, 0.15) is 16.9 Å². The van der Waals surface area contributed by atoms with E-state index in [1.165, 1.54) is 35.2 Å². The van der Waals surface area contributed by atoms with E-state index in [0.29, 0.717) is 27.3 Å². The van der Waals surface area contributed by atoms with Crippen LogP contribution in [0, 0.1) is 28.5 Å². The van der Waals surface area contributed by atoms with Gasteiger partial charge in [-0.15, -0.1) is 11.3 Å². The minimum atomic E-state index is -0.457. The molecule has 176 valence electrons. The molecule has 0 saturated carbocycles. The molecule has 4 rings (SSSR count). The molecule has 1 amide bonds. The molecular weight excluding hydrogens is 467 g/mol. The summed E-state index contributed by atoms with van der Waals surface area (Å²) in [5, 5.41) is 15.0. The van der Waals surface area contributed by atoms with Crippen LogP contribution < -0.4 is 5.32 Å². The molecule has 2 atom stereocenters. The van der Waals surface area contributed by atoms with E-state index in [1.807, 2.05) is 11.4 Å². The highest BCUT2D eigenvalue weighted by Crippen LogP contribution is 2.38. The quantitative estimate of drug-likeness (QED) is 0.410. The molecule has 8 heteroatoms. The monoisotopic (exact) mass is 494 g/mol. The number of nitriles is 1. The van der Waals surface area contributed by atoms with Gasteiger partial charge in [0.25, 0.3) is 0 Å². The van der Waals surface area contributed by atoms with Crippen molar-refractivity contribution in [1.29, 1.82) is 5.26 Å². The molecule has 5 nitrogen and oxygen atoms in total. The lowest BCUT2D eigenvalue weighted by Crippen LogP contribution is -2.27. The highest BCUT2D eigenvalue weighted by Gasteiger charge is 2.30. The number of benzene rings is 1. The predicted molar refractivity (Wildman–Crippen MR) is 135 cm³/mol. The molecule has 2 heterocycles. The van der Waals surface area contributed by atoms with Crippen molar-refractivity contribution in [2.24, 2.45) is 11.3 Å². The SMILES string of the molecule is CC(Sc1nc2c(cc1C#N)CC(C(C)(C)C)CC2)C(=O)Nc1nc(-c2ccc(F)cc2)cs1. The van der Waals surface area contributed by atoms with Gasteiger partial charge in [0.05, 0.1) is 16.5 Å². The molecule has 0 spiro atoms. The topological polar surface area (TPSA) is 78.7 Å². The standard InChI is InChI=1S/C26H27FN4OS2/c1-15(23(32)31-25-30-22(14-33-25)16-5-8-20(27)9-6-16)34-24-18(13-28)11-17-12-19(26(2,3)4)7-10-21(17)29-24/h5-6,8-9,11,14-15,19H,7,10,12H2,1-4H3,(H,30,31,32). The number of carbonyl (C=O) groups is 1. The average molecular weight is 495 g/mol. The first-order valence-corrected chi connectivity index (χ1v) is 13.0. The van der Waals surface area contributed by atoms with Crippen molar-refractivity contribution >= 4 is 34.1 Å². The van der Waals surface area contributed by atoms with E-state index in [2.05, 4.69) is 37.1 Å². The molecule has 0 saturated heterocycles. The highest BCUT2D eigenvalue weighted by molar-refractivity contribution is 8.00. The van der Waals surface area contributed by atoms with Crippen LogP contribution in [-0.4, -0.2) is 21.1 Å². The minimum absolute atomic E-state index is 0.207. The minimum Gasteiger partial charge on any atom is -0.301 e. The first-order chi connectivity index (χ1) is 16.1. The third-order valence-corrected chi connectivity index (χ3v) is 8.09. The number of aryl methyl sites for hydroxylation is 1. The number of pyridine rings is 1. The first kappa shape index (κ1) is 24.4. The molecule has 0 radical (unpaired) electrons. The summed E-state index contributed by atoms with van der Waals surface area (Å²) in [5.41, 5.74) is 4.39. The van der Waals surface area contributed by atoms with E-state index in [4.69, 9.17) is 4.98 Å². The zero-order chi connectivity index (χ0) is 24.5. The summed E-state index contributed by atoms with van der Waals surface area (Å²) in [7, 11) is 0. The molecule has 0 bridgehead atoms. The van der Waals surface area contributed by atoms with E-state index in [1.54, 1.807) is 19.1 Å². The zero-order valence-electron chi connectivity index (χ0n) is 19.7. The lowest BCUT2D eigenvalue weighted by molar-refractivity contribution is -0.115. The number of rotatable bonds is 5. The lowest BCUT2D eigenvalue weighted by Gasteiger charge is -2.34. The molecular formula is C26H27FN4OS2. The van der Waals surface area contributed by atoms with Crippen molar-refractivity contribution in [2.45, 2.75) is 57.2 Å². The Labute approximate surface area is 207 Å². The normalized spacial score (nSPS) is 16.4. The van der Waals surface area contributed by atoms with Crippen LogP contribution in [0.25, 0.3) is 11.3 Å². The van der Waals surface area contributed by atoms with Gasteiger partial charge in [-0.1, -0.05) is 32.5 Å². The van der Waals surface area contributed by atoms with E-state index >= 15 is 0 Å². The second kappa shape index (κ2) is 9.85. The first-order valence-electron chi connectivity index (χ1n) is 11.3. The van der Waals surface area contributed by atoms with Gasteiger partial charge in [-0.05, 0) is 73.4 Å². The number of hydrogen-bond donors (Lipinski definition) is 1. The summed E-state index contributed by atoms with van der Waals surface area (Å²) in [4.78, 5) is 22.1. The van der Waals surface area contributed by atoms with E-state index < -0.39 is 5.25 Å². The predicted octanol–water partition coefficient (Wildman–Crippen LogP) is 6.49. The molecule has 1 aromatic carbocycles. The third-order valence-electron chi connectivity index (χ3n) is 6.23. The Balaban J connectivity index is 1.44. The van der Waals surface area contributed by atoms with Crippen molar-refractivity contribution in [2.75, 3.05) is 5.32 Å². The zero-order valence-corrected chi connectivity index (χ0v) is 21.3. The summed E-state index contributed by atoms with van der Waals surface area (Å²) >= 11 is 2.61. The van der Waals surface area contributed by atoms with Gasteiger partial charge >= 0.3 is 0 Å². The maximum Gasteiger partial charge on any atom is 0.239 e. The van der Waals surface area contributed by atoms with Crippen LogP contribution in [0.5, 0.6) is 0 Å². The van der Waals surface area contributed by atoms with Crippen LogP contribution in [0.3, 0.4) is 0 Å². The van der Waals surface area contributed by atoms with Gasteiger partial charge in [0, 0.05) is 16.6 Å². The van der Waals surface area contributed by atoms with Crippen molar-refractivity contribution < 1.29 is 9.18 Å². The Morgan fingerprint density at radius 1 is 1.29 bits per heavy atom. The third kappa shape index (κ3) is 5.48. The van der Waals surface area contributed by atoms with Gasteiger partial charge in [0.15, 0.2) is 5.13 Å². The number of amides is 1. The smallest absolute Gasteiger partial charge is 0.239 e. The summed E-state index contributed by atoms with van der Waals surface area (Å²) in [5.74, 6) is 0.0516. The summed E-state index contributed by atoms with van der Waals surface area (Å²) < 4.78 is 13.2. The number of anilines is 1. The van der Waals surface area contributed by atoms with Crippen LogP contribution in [0.2, 0.25) is 0 Å². The number of fused-ring (bicyclic) bond motifs is 1. The molecule has 2 unspecified atom stereocenters. The van der Waals surface area contributed by atoms with Gasteiger partial charge in [-0.25, -0.2) is 14.4 Å². The van der Waals surface area contributed by atoms with E-state index in [-0.39, 0.29) is 17.1 Å². The van der Waals surface area contributed by atoms with Crippen molar-refractivity contribution in [3.8, 4) is 17.3 Å². The summed E-state index contributed by atoms with van der Waals surface area (Å²) in [6.07, 6.45) is 2.90. The Bertz CT molecular complexity index is 1240. The van der Waals surface area contributed by atoms with Gasteiger partial charge in [-0.3, -0.25) is 4.79 Å². The number of carbonyl (C=O) groups excluding carboxylic acids is 1. The average Bonchev–Trinajstić information content (AvgIpc) is 3.26. The van der Waals surface area contributed by atoms with Crippen molar-refractivity contribution in [3.63, 3.8) is 0 Å². The molecule has 2 aromatic heterocycles. The maximum atomic E-state index is 13.2. The molecule has 1 aliphatic carbocycles. The molecule has 3 aromatic rings. The van der Waals surface area contributed by atoms with Crippen LogP contribution in [0.15, 0.2) is 40.7 Å². The largest absolute Gasteiger partial charge is 0.301 e. The van der Waals surface area contributed by atoms with Crippen LogP contribution in [-0.2, 0) is 17.6 Å². The van der Waals surface area contributed by atoms with Gasteiger partial charge < -0.3 is 5.32 Å². The number of thiazole rings is 1. The summed E-state index contributed by atoms with van der Waals surface area (Å²) in [6, 6.07) is 10.3. The van der Waals surface area contributed by atoms with Crippen LogP contribution in [0.1, 0.15) is 50.9 Å². The maximum absolute atomic E-state index is 13.2. The number of nitrogens with zero attached hydrogens (tertiary/aromatic N) is 3. The molecule has 0 aliphatic heterocycles. The molecule has 34 heavy (non-hydrogen) atoms. The van der Waals surface area contributed by atoms with Gasteiger partial charge in [0.2, 0.25) is 5.91 Å². The summed E-state index contributed by atoms with van der Waals surface area (Å²) in [6.45, 7) is 8.58. The molecule has 1 N–H and O–H groups in total. The Kier molecular flexibility index (Phi) is 7.06. The Morgan fingerprint density at radius 3 is 2.71 bits per heavy atom. The number of hydrogen-bond acceptors (Lipinski definition) is 6. The van der Waals surface area contributed by atoms with Gasteiger partial charge in [-0.2, -0.15) is 5.26 Å². The molecule has 1 aliphatic rings. The van der Waals surface area contributed by atoms with Crippen LogP contribution in [0.4, 0.5) is 9.52 Å². The number of aromatic nitrogens is 2. The number of halogens is 1. The van der Waals surface area contributed by atoms with Crippen LogP contribution >= 0.6 is 23.1 Å². The number of nitrogens with one attached hydrogen (secondary N) is 1. The Hall–Kier alpha value is -2.76. The molecule has 0 fully saturated rings.